The van der Waals surface area contributed by atoms with Crippen LogP contribution in [0.4, 0.5) is 0 Å². The van der Waals surface area contributed by atoms with Gasteiger partial charge >= 0.3 is 0 Å². The van der Waals surface area contributed by atoms with Gasteiger partial charge in [0.15, 0.2) is 0 Å². The van der Waals surface area contributed by atoms with Crippen molar-refractivity contribution < 1.29 is 9.53 Å². The van der Waals surface area contributed by atoms with Crippen LogP contribution in [0.25, 0.3) is 0 Å². The lowest BCUT2D eigenvalue weighted by Gasteiger charge is -2.17. The minimum Gasteiger partial charge on any atom is -0.390 e. The first-order valence-electron chi connectivity index (χ1n) is 8.17. The van der Waals surface area contributed by atoms with Gasteiger partial charge in [0.25, 0.3) is 5.91 Å². The molecule has 1 fully saturated rings. The van der Waals surface area contributed by atoms with Gasteiger partial charge in [-0.25, -0.2) is 0 Å². The molecule has 0 radical (unpaired) electrons. The molecule has 6 heteroatoms. The Kier molecular flexibility index (Phi) is 9.28. The lowest BCUT2D eigenvalue weighted by Crippen LogP contribution is -2.33. The monoisotopic (exact) mass is 308 g/mol. The topological polar surface area (TPSA) is 77.4 Å². The quantitative estimate of drug-likeness (QED) is 0.358. The van der Waals surface area contributed by atoms with Crippen LogP contribution in [-0.4, -0.2) is 56.2 Å². The molecule has 1 atom stereocenters. The van der Waals surface area contributed by atoms with Crippen LogP contribution in [0.15, 0.2) is 11.8 Å². The van der Waals surface area contributed by atoms with Crippen LogP contribution < -0.4 is 10.6 Å². The molecule has 0 aromatic rings. The Balaban J connectivity index is 2.23. The normalized spacial score (nSPS) is 18.3. The number of carbonyl (C=O) groups is 1. The van der Waals surface area contributed by atoms with Gasteiger partial charge in [0.1, 0.15) is 11.6 Å². The smallest absolute Gasteiger partial charge is 0.263 e. The van der Waals surface area contributed by atoms with Crippen LogP contribution in [0.3, 0.4) is 0 Å². The van der Waals surface area contributed by atoms with Gasteiger partial charge in [0.05, 0.1) is 6.10 Å². The van der Waals surface area contributed by atoms with Crippen LogP contribution >= 0.6 is 0 Å². The highest BCUT2D eigenvalue weighted by atomic mass is 16.5. The van der Waals surface area contributed by atoms with Crippen molar-refractivity contribution in [2.45, 2.75) is 39.2 Å². The summed E-state index contributed by atoms with van der Waals surface area (Å²) in [5.41, 5.74) is 0.112. The van der Waals surface area contributed by atoms with Crippen molar-refractivity contribution >= 4 is 5.91 Å². The predicted octanol–water partition coefficient (Wildman–Crippen LogP) is 1.01. The third-order valence-corrected chi connectivity index (χ3v) is 3.82. The molecule has 1 amide bonds. The van der Waals surface area contributed by atoms with Crippen LogP contribution in [0.2, 0.25) is 0 Å². The van der Waals surface area contributed by atoms with Gasteiger partial charge in [-0.2, -0.15) is 5.26 Å². The molecule has 1 unspecified atom stereocenters. The van der Waals surface area contributed by atoms with E-state index in [1.807, 2.05) is 6.07 Å². The molecule has 0 bridgehead atoms. The predicted molar refractivity (Wildman–Crippen MR) is 86.1 cm³/mol. The fraction of sp³-hybridized carbons (Fsp3) is 0.750. The third kappa shape index (κ3) is 6.92. The van der Waals surface area contributed by atoms with E-state index in [4.69, 9.17) is 10.00 Å². The summed E-state index contributed by atoms with van der Waals surface area (Å²) in [6, 6.07) is 1.93. The summed E-state index contributed by atoms with van der Waals surface area (Å²) in [6.07, 6.45) is 4.58. The summed E-state index contributed by atoms with van der Waals surface area (Å²) in [4.78, 5) is 14.2. The lowest BCUT2D eigenvalue weighted by atomic mass is 10.2. The van der Waals surface area contributed by atoms with E-state index in [0.29, 0.717) is 6.54 Å². The highest BCUT2D eigenvalue weighted by molar-refractivity contribution is 5.97. The summed E-state index contributed by atoms with van der Waals surface area (Å²) >= 11 is 0. The van der Waals surface area contributed by atoms with Crippen molar-refractivity contribution in [1.82, 2.24) is 15.5 Å². The molecular weight excluding hydrogens is 280 g/mol. The van der Waals surface area contributed by atoms with E-state index in [1.165, 1.54) is 6.20 Å². The molecular formula is C16H28N4O2. The van der Waals surface area contributed by atoms with Crippen LogP contribution in [0, 0.1) is 11.3 Å². The Hall–Kier alpha value is -1.58. The third-order valence-electron chi connectivity index (χ3n) is 3.82. The zero-order valence-corrected chi connectivity index (χ0v) is 13.7. The van der Waals surface area contributed by atoms with E-state index >= 15 is 0 Å². The highest BCUT2D eigenvalue weighted by Crippen LogP contribution is 2.10. The van der Waals surface area contributed by atoms with Gasteiger partial charge in [0, 0.05) is 25.9 Å². The number of nitriles is 1. The number of rotatable bonds is 10. The van der Waals surface area contributed by atoms with Gasteiger partial charge in [-0.05, 0) is 38.9 Å². The number of hydrogen-bond acceptors (Lipinski definition) is 5. The standard InChI is InChI=1S/C16H28N4O2/c1-3-20(4-2)9-6-8-18-12-14(11-17)16(21)19-13-15-7-5-10-22-15/h12,15,18H,3-10,13H2,1-2H3,(H,19,21)/b14-12-. The van der Waals surface area contributed by atoms with Crippen molar-refractivity contribution in [3.8, 4) is 6.07 Å². The van der Waals surface area contributed by atoms with E-state index in [-0.39, 0.29) is 17.6 Å². The molecule has 1 saturated heterocycles. The molecule has 1 aliphatic heterocycles. The lowest BCUT2D eigenvalue weighted by molar-refractivity contribution is -0.117. The Morgan fingerprint density at radius 3 is 2.82 bits per heavy atom. The maximum absolute atomic E-state index is 11.9. The molecule has 2 N–H and O–H groups in total. The number of hydrogen-bond donors (Lipinski definition) is 2. The zero-order valence-electron chi connectivity index (χ0n) is 13.7. The van der Waals surface area contributed by atoms with Gasteiger partial charge < -0.3 is 20.3 Å². The van der Waals surface area contributed by atoms with E-state index in [0.717, 1.165) is 52.0 Å². The summed E-state index contributed by atoms with van der Waals surface area (Å²) in [7, 11) is 0. The molecule has 6 nitrogen and oxygen atoms in total. The van der Waals surface area contributed by atoms with Gasteiger partial charge in [0.2, 0.25) is 0 Å². The fourth-order valence-electron chi connectivity index (χ4n) is 2.37. The second kappa shape index (κ2) is 11.0. The second-order valence-corrected chi connectivity index (χ2v) is 5.35. The van der Waals surface area contributed by atoms with Gasteiger partial charge in [-0.3, -0.25) is 4.79 Å². The maximum atomic E-state index is 11.9. The number of amides is 1. The van der Waals surface area contributed by atoms with Crippen molar-refractivity contribution in [3.63, 3.8) is 0 Å². The number of carbonyl (C=O) groups excluding carboxylic acids is 1. The molecule has 124 valence electrons. The second-order valence-electron chi connectivity index (χ2n) is 5.35. The molecule has 0 aromatic heterocycles. The van der Waals surface area contributed by atoms with E-state index in [2.05, 4.69) is 29.4 Å². The molecule has 1 heterocycles. The molecule has 0 saturated carbocycles. The van der Waals surface area contributed by atoms with Crippen LogP contribution in [-0.2, 0) is 9.53 Å². The average Bonchev–Trinajstić information content (AvgIpc) is 3.05. The molecule has 0 aliphatic carbocycles. The Morgan fingerprint density at radius 1 is 1.45 bits per heavy atom. The van der Waals surface area contributed by atoms with Crippen molar-refractivity contribution in [1.29, 1.82) is 5.26 Å². The number of nitrogens with one attached hydrogen (secondary N) is 2. The Morgan fingerprint density at radius 2 is 2.23 bits per heavy atom. The summed E-state index contributed by atoms with van der Waals surface area (Å²) in [5, 5.41) is 14.8. The summed E-state index contributed by atoms with van der Waals surface area (Å²) in [6.45, 7) is 9.37. The fourth-order valence-corrected chi connectivity index (χ4v) is 2.37. The van der Waals surface area contributed by atoms with Gasteiger partial charge in [-0.15, -0.1) is 0 Å². The van der Waals surface area contributed by atoms with Crippen LogP contribution in [0.1, 0.15) is 33.1 Å². The highest BCUT2D eigenvalue weighted by Gasteiger charge is 2.17. The minimum atomic E-state index is -0.339. The summed E-state index contributed by atoms with van der Waals surface area (Å²) < 4.78 is 5.44. The molecule has 0 aromatic carbocycles. The Bertz CT molecular complexity index is 393. The summed E-state index contributed by atoms with van der Waals surface area (Å²) in [5.74, 6) is -0.339. The van der Waals surface area contributed by atoms with E-state index in [1.54, 1.807) is 0 Å². The first-order valence-corrected chi connectivity index (χ1v) is 8.17. The SMILES string of the molecule is CCN(CC)CCCN/C=C(/C#N)C(=O)NCC1CCCO1. The van der Waals surface area contributed by atoms with Crippen molar-refractivity contribution in [2.24, 2.45) is 0 Å². The number of nitrogens with zero attached hydrogens (tertiary/aromatic N) is 2. The average molecular weight is 308 g/mol. The van der Waals surface area contributed by atoms with Crippen LogP contribution in [0.5, 0.6) is 0 Å². The first-order chi connectivity index (χ1) is 10.7. The molecule has 1 rings (SSSR count). The van der Waals surface area contributed by atoms with E-state index < -0.39 is 0 Å². The molecule has 1 aliphatic rings. The molecule has 22 heavy (non-hydrogen) atoms. The maximum Gasteiger partial charge on any atom is 0.263 e. The van der Waals surface area contributed by atoms with Crippen molar-refractivity contribution in [3.05, 3.63) is 11.8 Å². The minimum absolute atomic E-state index is 0.0888. The zero-order chi connectivity index (χ0) is 16.2. The number of ether oxygens (including phenoxy) is 1. The first kappa shape index (κ1) is 18.5. The van der Waals surface area contributed by atoms with Gasteiger partial charge in [-0.1, -0.05) is 13.8 Å². The van der Waals surface area contributed by atoms with E-state index in [9.17, 15) is 4.79 Å². The van der Waals surface area contributed by atoms with Crippen molar-refractivity contribution in [2.75, 3.05) is 39.3 Å². The molecule has 0 spiro atoms. The Labute approximate surface area is 133 Å². The largest absolute Gasteiger partial charge is 0.390 e.